The van der Waals surface area contributed by atoms with Crippen molar-refractivity contribution in [3.8, 4) is 0 Å². The van der Waals surface area contributed by atoms with Gasteiger partial charge in [0.05, 0.1) is 13.2 Å². The summed E-state index contributed by atoms with van der Waals surface area (Å²) in [5, 5.41) is 46.7. The summed E-state index contributed by atoms with van der Waals surface area (Å²) in [7, 11) is 0.928. The van der Waals surface area contributed by atoms with Crippen LogP contribution in [0.1, 0.15) is 0 Å². The fourth-order valence-corrected chi connectivity index (χ4v) is 4.68. The molecule has 6 atom stereocenters. The topological polar surface area (TPSA) is 110 Å². The van der Waals surface area contributed by atoms with Crippen molar-refractivity contribution in [1.82, 2.24) is 0 Å². The first-order valence-electron chi connectivity index (χ1n) is 5.50. The van der Waals surface area contributed by atoms with Gasteiger partial charge in [-0.1, -0.05) is 0 Å². The van der Waals surface area contributed by atoms with E-state index in [1.807, 2.05) is 0 Å². The predicted octanol–water partition coefficient (Wildman–Crippen LogP) is -5.93. The molecule has 1 saturated heterocycles. The van der Waals surface area contributed by atoms with Crippen molar-refractivity contribution < 1.29 is 42.7 Å². The van der Waals surface area contributed by atoms with Gasteiger partial charge >= 0.3 is 0 Å². The lowest BCUT2D eigenvalue weighted by Crippen LogP contribution is -3.00. The number of aliphatic hydroxyl groups is 5. The van der Waals surface area contributed by atoms with Crippen LogP contribution in [0.5, 0.6) is 0 Å². The summed E-state index contributed by atoms with van der Waals surface area (Å²) in [5.41, 5.74) is 0. The number of hydrogen-bond acceptors (Lipinski definition) is 6. The molecule has 0 aromatic heterocycles. The Kier molecular flexibility index (Phi) is 8.74. The van der Waals surface area contributed by atoms with Crippen LogP contribution in [0.25, 0.3) is 0 Å². The van der Waals surface area contributed by atoms with Crippen molar-refractivity contribution >= 4 is 10.9 Å². The van der Waals surface area contributed by atoms with E-state index in [1.54, 1.807) is 0 Å². The summed E-state index contributed by atoms with van der Waals surface area (Å²) < 4.78 is 4.91. The first kappa shape index (κ1) is 18.4. The van der Waals surface area contributed by atoms with Gasteiger partial charge in [0.25, 0.3) is 0 Å². The Balaban J connectivity index is 0.00000289. The SMILES string of the molecule is CO[C@@H](CO)[C@H](O)C[S+]1C[C@@H](O)[C@H](O)[C@H]1CO.[Cl-]. The molecule has 5 N–H and O–H groups in total. The van der Waals surface area contributed by atoms with E-state index in [1.165, 1.54) is 7.11 Å². The van der Waals surface area contributed by atoms with E-state index in [-0.39, 0.29) is 25.6 Å². The molecule has 6 nitrogen and oxygen atoms in total. The molecule has 1 aliphatic heterocycles. The summed E-state index contributed by atoms with van der Waals surface area (Å²) in [4.78, 5) is 0. The van der Waals surface area contributed by atoms with Crippen LogP contribution in [-0.2, 0) is 15.6 Å². The highest BCUT2D eigenvalue weighted by molar-refractivity contribution is 7.97. The zero-order chi connectivity index (χ0) is 13.0. The second-order valence-electron chi connectivity index (χ2n) is 4.17. The van der Waals surface area contributed by atoms with Gasteiger partial charge < -0.3 is 42.7 Å². The Labute approximate surface area is 115 Å². The van der Waals surface area contributed by atoms with E-state index in [2.05, 4.69) is 0 Å². The number of hydrogen-bond donors (Lipinski definition) is 5. The van der Waals surface area contributed by atoms with Crippen LogP contribution in [-0.4, -0.2) is 87.0 Å². The highest BCUT2D eigenvalue weighted by atomic mass is 35.5. The van der Waals surface area contributed by atoms with Gasteiger partial charge in [-0.15, -0.1) is 0 Å². The molecule has 1 heterocycles. The van der Waals surface area contributed by atoms with Crippen molar-refractivity contribution in [2.75, 3.05) is 31.8 Å². The Morgan fingerprint density at radius 1 is 1.33 bits per heavy atom. The minimum atomic E-state index is -0.939. The summed E-state index contributed by atoms with van der Waals surface area (Å²) in [5.74, 6) is 0.670. The zero-order valence-electron chi connectivity index (χ0n) is 10.1. The lowest BCUT2D eigenvalue weighted by atomic mass is 10.2. The monoisotopic (exact) mass is 304 g/mol. The molecule has 110 valence electrons. The van der Waals surface area contributed by atoms with Gasteiger partial charge in [0.1, 0.15) is 35.9 Å². The lowest BCUT2D eigenvalue weighted by Gasteiger charge is -2.20. The molecule has 0 aromatic rings. The second kappa shape index (κ2) is 8.55. The fourth-order valence-electron chi connectivity index (χ4n) is 1.97. The van der Waals surface area contributed by atoms with E-state index >= 15 is 0 Å². The summed E-state index contributed by atoms with van der Waals surface area (Å²) in [6.45, 7) is -0.505. The molecular formula is C10H21ClO6S. The van der Waals surface area contributed by atoms with Crippen LogP contribution in [0.3, 0.4) is 0 Å². The van der Waals surface area contributed by atoms with Crippen molar-refractivity contribution in [1.29, 1.82) is 0 Å². The largest absolute Gasteiger partial charge is 1.00 e. The number of halogens is 1. The van der Waals surface area contributed by atoms with Crippen LogP contribution in [0.4, 0.5) is 0 Å². The van der Waals surface area contributed by atoms with Gasteiger partial charge in [-0.2, -0.15) is 0 Å². The zero-order valence-corrected chi connectivity index (χ0v) is 11.7. The number of rotatable bonds is 6. The van der Waals surface area contributed by atoms with Gasteiger partial charge in [0.2, 0.25) is 0 Å². The van der Waals surface area contributed by atoms with Crippen molar-refractivity contribution in [2.45, 2.75) is 29.7 Å². The van der Waals surface area contributed by atoms with Crippen LogP contribution in [0, 0.1) is 0 Å². The molecule has 1 aliphatic rings. The maximum absolute atomic E-state index is 9.83. The first-order valence-corrected chi connectivity index (χ1v) is 7.12. The Morgan fingerprint density at radius 2 is 1.94 bits per heavy atom. The normalized spacial score (nSPS) is 35.0. The van der Waals surface area contributed by atoms with Crippen LogP contribution in [0.15, 0.2) is 0 Å². The van der Waals surface area contributed by atoms with Gasteiger partial charge in [0, 0.05) is 18.0 Å². The highest BCUT2D eigenvalue weighted by Crippen LogP contribution is 2.25. The van der Waals surface area contributed by atoms with Gasteiger partial charge in [-0.25, -0.2) is 0 Å². The summed E-state index contributed by atoms with van der Waals surface area (Å²) >= 11 is 0. The quantitative estimate of drug-likeness (QED) is 0.313. The molecule has 0 amide bonds. The second-order valence-corrected chi connectivity index (χ2v) is 6.52. The van der Waals surface area contributed by atoms with Crippen molar-refractivity contribution in [3.05, 3.63) is 0 Å². The third kappa shape index (κ3) is 4.21. The van der Waals surface area contributed by atoms with Crippen LogP contribution >= 0.6 is 0 Å². The summed E-state index contributed by atoms with van der Waals surface area (Å²) in [6.07, 6.45) is -3.32. The number of ether oxygens (including phenoxy) is 1. The lowest BCUT2D eigenvalue weighted by molar-refractivity contribution is -0.0309. The Bertz CT molecular complexity index is 230. The van der Waals surface area contributed by atoms with Gasteiger partial charge in [-0.3, -0.25) is 0 Å². The highest BCUT2D eigenvalue weighted by Gasteiger charge is 2.50. The van der Waals surface area contributed by atoms with Gasteiger partial charge in [-0.05, 0) is 0 Å². The van der Waals surface area contributed by atoms with Gasteiger partial charge in [0.15, 0.2) is 5.25 Å². The van der Waals surface area contributed by atoms with E-state index in [4.69, 9.17) is 14.9 Å². The van der Waals surface area contributed by atoms with Crippen molar-refractivity contribution in [3.63, 3.8) is 0 Å². The number of methoxy groups -OCH3 is 1. The molecule has 0 saturated carbocycles. The fraction of sp³-hybridized carbons (Fsp3) is 1.00. The van der Waals surface area contributed by atoms with Crippen LogP contribution < -0.4 is 12.4 Å². The molecule has 0 radical (unpaired) electrons. The van der Waals surface area contributed by atoms with E-state index in [0.717, 1.165) is 0 Å². The molecule has 1 rings (SSSR count). The standard InChI is InChI=1S/C10H21O6S.ClH/c1-16-8(2-11)6(13)4-17-5-7(14)10(15)9(17)3-12;/h6-15H,2-5H2,1H3;1H/q+1;/p-1/t6-,7-,8+,9-,10+,17?;/m1./s1. The average molecular weight is 305 g/mol. The molecule has 0 bridgehead atoms. The Morgan fingerprint density at radius 3 is 2.39 bits per heavy atom. The Hall–Kier alpha value is 0.400. The number of aliphatic hydroxyl groups excluding tert-OH is 5. The molecule has 0 spiro atoms. The molecule has 8 heteroatoms. The molecule has 1 fully saturated rings. The van der Waals surface area contributed by atoms with E-state index in [0.29, 0.717) is 11.5 Å². The maximum Gasteiger partial charge on any atom is 0.169 e. The molecular weight excluding hydrogens is 284 g/mol. The molecule has 1 unspecified atom stereocenters. The minimum absolute atomic E-state index is 0. The average Bonchev–Trinajstić information content (AvgIpc) is 2.56. The molecule has 18 heavy (non-hydrogen) atoms. The van der Waals surface area contributed by atoms with Crippen molar-refractivity contribution in [2.24, 2.45) is 0 Å². The molecule has 0 aromatic carbocycles. The van der Waals surface area contributed by atoms with E-state index < -0.39 is 40.6 Å². The third-order valence-electron chi connectivity index (χ3n) is 3.06. The van der Waals surface area contributed by atoms with E-state index in [9.17, 15) is 15.3 Å². The predicted molar refractivity (Wildman–Crippen MR) is 63.9 cm³/mol. The smallest absolute Gasteiger partial charge is 0.169 e. The minimum Gasteiger partial charge on any atom is -1.00 e. The third-order valence-corrected chi connectivity index (χ3v) is 5.89. The van der Waals surface area contributed by atoms with Crippen LogP contribution in [0.2, 0.25) is 0 Å². The maximum atomic E-state index is 9.83. The first-order chi connectivity index (χ1) is 8.04. The summed E-state index contributed by atoms with van der Waals surface area (Å²) in [6, 6.07) is 0. The molecule has 0 aliphatic carbocycles.